The van der Waals surface area contributed by atoms with Crippen LogP contribution in [-0.4, -0.2) is 131 Å². The van der Waals surface area contributed by atoms with Crippen LogP contribution in [0.3, 0.4) is 0 Å². The van der Waals surface area contributed by atoms with E-state index < -0.39 is 70.8 Å². The molecule has 20 heteroatoms. The van der Waals surface area contributed by atoms with E-state index in [0.29, 0.717) is 24.3 Å². The van der Waals surface area contributed by atoms with Crippen LogP contribution in [0.4, 0.5) is 0 Å². The Balaban J connectivity index is 1.22. The number of hydrogen-bond donors (Lipinski definition) is 6. The van der Waals surface area contributed by atoms with Crippen LogP contribution in [0.2, 0.25) is 0 Å². The lowest BCUT2D eigenvalue weighted by Crippen LogP contribution is -2.53. The molecule has 4 unspecified atom stereocenters. The summed E-state index contributed by atoms with van der Waals surface area (Å²) >= 11 is 2.51. The average Bonchev–Trinajstić information content (AvgIpc) is 3.87. The normalized spacial score (nSPS) is 28.5. The number of nitrogens with one attached hydrogen (secondary N) is 6. The summed E-state index contributed by atoms with van der Waals surface area (Å²) in [4.78, 5) is 99.0. The van der Waals surface area contributed by atoms with Crippen LogP contribution >= 0.6 is 45.1 Å². The molecule has 4 heterocycles. The monoisotopic (exact) mass is 720 g/mol. The molecule has 0 saturated carbocycles. The summed E-state index contributed by atoms with van der Waals surface area (Å²) in [6, 6.07) is -4.72. The first-order valence-electron chi connectivity index (χ1n) is 14.4. The van der Waals surface area contributed by atoms with Crippen LogP contribution in [0.5, 0.6) is 0 Å². The number of ketones is 2. The second-order valence-electron chi connectivity index (χ2n) is 10.7. The molecule has 46 heavy (non-hydrogen) atoms. The molecule has 0 aromatic carbocycles. The van der Waals surface area contributed by atoms with Gasteiger partial charge in [-0.25, -0.2) is 9.59 Å². The largest absolute Gasteiger partial charge is 0.467 e. The number of methoxy groups -OCH3 is 2. The summed E-state index contributed by atoms with van der Waals surface area (Å²) in [5.74, 6) is -2.40. The van der Waals surface area contributed by atoms with Gasteiger partial charge in [0, 0.05) is 35.9 Å². The van der Waals surface area contributed by atoms with E-state index in [1.54, 1.807) is 0 Å². The third-order valence-electron chi connectivity index (χ3n) is 7.55. The lowest BCUT2D eigenvalue weighted by molar-refractivity contribution is -0.144. The van der Waals surface area contributed by atoms with Gasteiger partial charge < -0.3 is 30.7 Å². The maximum Gasteiger partial charge on any atom is 0.329 e. The van der Waals surface area contributed by atoms with Crippen LogP contribution < -0.4 is 31.9 Å². The van der Waals surface area contributed by atoms with Crippen molar-refractivity contribution in [3.05, 3.63) is 0 Å². The number of carbonyl (C=O) groups excluding carboxylic acids is 8. The molecule has 4 fully saturated rings. The lowest BCUT2D eigenvalue weighted by Gasteiger charge is -2.21. The van der Waals surface area contributed by atoms with Gasteiger partial charge in [0.05, 0.1) is 38.4 Å². The Hall–Kier alpha value is -2.52. The molecule has 0 aliphatic carbocycles. The zero-order chi connectivity index (χ0) is 33.4. The summed E-state index contributed by atoms with van der Waals surface area (Å²) in [6.07, 6.45) is 1.38. The van der Waals surface area contributed by atoms with Crippen LogP contribution in [0.25, 0.3) is 0 Å². The minimum atomic E-state index is -1.03. The molecule has 8 atom stereocenters. The molecule has 4 rings (SSSR count). The van der Waals surface area contributed by atoms with Gasteiger partial charge >= 0.3 is 11.9 Å². The molecule has 4 saturated heterocycles. The van der Waals surface area contributed by atoms with E-state index in [1.165, 1.54) is 59.3 Å². The zero-order valence-corrected chi connectivity index (χ0v) is 28.3. The fraction of sp³-hybridized carbons (Fsp3) is 0.692. The molecule has 4 amide bonds. The SMILES string of the molecule is COC(=O)[C@H](CSSC[C@H](NC(=O)C1CSC(C(=O)[C@@H]2CCC(=O)N2)N1)C(=O)OC)NC(=O)C1CSC(C(=O)[C@@H]2CCC(=O)N2)N1. The third kappa shape index (κ3) is 9.52. The minimum Gasteiger partial charge on any atom is -0.467 e. The van der Waals surface area contributed by atoms with Crippen molar-refractivity contribution in [2.75, 3.05) is 37.2 Å². The van der Waals surface area contributed by atoms with E-state index in [0.717, 1.165) is 0 Å². The molecule has 4 aliphatic rings. The van der Waals surface area contributed by atoms with Gasteiger partial charge in [-0.05, 0) is 12.8 Å². The highest BCUT2D eigenvalue weighted by Gasteiger charge is 2.41. The lowest BCUT2D eigenvalue weighted by atomic mass is 10.1. The van der Waals surface area contributed by atoms with Crippen molar-refractivity contribution < 1.29 is 47.8 Å². The summed E-state index contributed by atoms with van der Waals surface area (Å²) in [5.41, 5.74) is 0. The Labute approximate surface area is 281 Å². The number of Topliss-reactive ketones (excluding diaryl/α,β-unsaturated/α-hetero) is 2. The number of hydrogen-bond acceptors (Lipinski definition) is 16. The Morgan fingerprint density at radius 3 is 1.43 bits per heavy atom. The molecule has 0 radical (unpaired) electrons. The second kappa shape index (κ2) is 17.0. The smallest absolute Gasteiger partial charge is 0.329 e. The van der Waals surface area contributed by atoms with Crippen LogP contribution in [0.1, 0.15) is 25.7 Å². The van der Waals surface area contributed by atoms with Crippen LogP contribution in [-0.2, 0) is 47.8 Å². The maximum atomic E-state index is 12.9. The predicted octanol–water partition coefficient (Wildman–Crippen LogP) is -2.56. The molecule has 0 bridgehead atoms. The first kappa shape index (κ1) is 36.3. The Morgan fingerprint density at radius 2 is 1.11 bits per heavy atom. The number of esters is 2. The van der Waals surface area contributed by atoms with Gasteiger partial charge in [-0.15, -0.1) is 23.5 Å². The van der Waals surface area contributed by atoms with Crippen molar-refractivity contribution in [2.45, 2.75) is 72.7 Å². The summed E-state index contributed by atoms with van der Waals surface area (Å²) in [5, 5.41) is 15.2. The Morgan fingerprint density at radius 1 is 0.717 bits per heavy atom. The molecule has 0 spiro atoms. The fourth-order valence-corrected chi connectivity index (χ4v) is 9.73. The third-order valence-corrected chi connectivity index (χ3v) is 12.4. The van der Waals surface area contributed by atoms with Crippen molar-refractivity contribution in [3.8, 4) is 0 Å². The van der Waals surface area contributed by atoms with E-state index in [2.05, 4.69) is 31.9 Å². The van der Waals surface area contributed by atoms with Crippen molar-refractivity contribution in [3.63, 3.8) is 0 Å². The predicted molar refractivity (Wildman–Crippen MR) is 171 cm³/mol. The Bertz CT molecular complexity index is 1150. The van der Waals surface area contributed by atoms with E-state index in [9.17, 15) is 38.4 Å². The van der Waals surface area contributed by atoms with Crippen molar-refractivity contribution >= 4 is 92.2 Å². The molecule has 6 N–H and O–H groups in total. The van der Waals surface area contributed by atoms with Gasteiger partial charge in [-0.2, -0.15) is 0 Å². The summed E-state index contributed by atoms with van der Waals surface area (Å²) < 4.78 is 9.68. The molecular formula is C26H36N6O10S4. The van der Waals surface area contributed by atoms with Gasteiger partial charge in [0.1, 0.15) is 22.8 Å². The van der Waals surface area contributed by atoms with E-state index in [-0.39, 0.29) is 47.7 Å². The fourth-order valence-electron chi connectivity index (χ4n) is 4.99. The first-order valence-corrected chi connectivity index (χ1v) is 19.0. The number of amides is 4. The highest BCUT2D eigenvalue weighted by Crippen LogP contribution is 2.26. The molecular weight excluding hydrogens is 685 g/mol. The minimum absolute atomic E-state index is 0.0730. The van der Waals surface area contributed by atoms with Gasteiger partial charge in [0.15, 0.2) is 11.6 Å². The van der Waals surface area contributed by atoms with E-state index in [1.807, 2.05) is 0 Å². The van der Waals surface area contributed by atoms with Gasteiger partial charge in [-0.1, -0.05) is 21.6 Å². The topological polar surface area (TPSA) is 227 Å². The van der Waals surface area contributed by atoms with Crippen molar-refractivity contribution in [1.29, 1.82) is 0 Å². The average molecular weight is 721 g/mol. The number of rotatable bonds is 15. The van der Waals surface area contributed by atoms with E-state index >= 15 is 0 Å². The van der Waals surface area contributed by atoms with Crippen LogP contribution in [0.15, 0.2) is 0 Å². The summed E-state index contributed by atoms with van der Waals surface area (Å²) in [7, 11) is 4.72. The van der Waals surface area contributed by atoms with Gasteiger partial charge in [0.2, 0.25) is 23.6 Å². The first-order chi connectivity index (χ1) is 22.0. The highest BCUT2D eigenvalue weighted by molar-refractivity contribution is 8.76. The highest BCUT2D eigenvalue weighted by atomic mass is 33.1. The van der Waals surface area contributed by atoms with Gasteiger partial charge in [-0.3, -0.25) is 39.4 Å². The molecule has 16 nitrogen and oxygen atoms in total. The quantitative estimate of drug-likeness (QED) is 0.0581. The number of carbonyl (C=O) groups is 8. The maximum absolute atomic E-state index is 12.9. The van der Waals surface area contributed by atoms with Gasteiger partial charge in [0.25, 0.3) is 0 Å². The van der Waals surface area contributed by atoms with Crippen LogP contribution in [0, 0.1) is 0 Å². The second-order valence-corrected chi connectivity index (χ2v) is 15.6. The van der Waals surface area contributed by atoms with Crippen molar-refractivity contribution in [2.24, 2.45) is 0 Å². The van der Waals surface area contributed by atoms with E-state index in [4.69, 9.17) is 9.47 Å². The molecule has 0 aromatic heterocycles. The standard InChI is InChI=1S/C26H36N6O10S4/c1-41-25(39)15(29-21(37)13-7-43-23(31-13)19(35)11-3-5-17(33)27-11)9-45-46-10-16(26(40)42-2)30-22(38)14-8-44-24(32-14)20(36)12-4-6-18(34)28-12/h11-16,23-24,31-32H,3-10H2,1-2H3,(H,27,33)(H,28,34)(H,29,37)(H,30,38)/t11-,12-,13?,14?,15-,16-,23?,24?/m0/s1. The number of ether oxygens (including phenoxy) is 2. The Kier molecular flexibility index (Phi) is 13.5. The van der Waals surface area contributed by atoms with Crippen molar-refractivity contribution in [1.82, 2.24) is 31.9 Å². The number of thioether (sulfide) groups is 2. The molecule has 4 aliphatic heterocycles. The zero-order valence-electron chi connectivity index (χ0n) is 25.0. The summed E-state index contributed by atoms with van der Waals surface area (Å²) in [6.45, 7) is 0. The molecule has 0 aromatic rings. The molecule has 254 valence electrons.